The van der Waals surface area contributed by atoms with E-state index in [2.05, 4.69) is 36.2 Å². The van der Waals surface area contributed by atoms with Crippen LogP contribution in [-0.4, -0.2) is 110 Å². The van der Waals surface area contributed by atoms with Crippen molar-refractivity contribution in [3.8, 4) is 11.3 Å². The Labute approximate surface area is 415 Å². The van der Waals surface area contributed by atoms with Crippen molar-refractivity contribution in [3.05, 3.63) is 47.3 Å². The molecule has 18 nitrogen and oxygen atoms in total. The maximum Gasteiger partial charge on any atom is 0.421 e. The molecule has 4 heterocycles. The van der Waals surface area contributed by atoms with Crippen molar-refractivity contribution >= 4 is 46.7 Å². The first-order chi connectivity index (χ1) is 33.9. The van der Waals surface area contributed by atoms with Gasteiger partial charge in [0.2, 0.25) is 17.1 Å². The maximum absolute atomic E-state index is 14.0. The van der Waals surface area contributed by atoms with E-state index in [1.165, 1.54) is 14.0 Å². The zero-order valence-corrected chi connectivity index (χ0v) is 40.8. The standard InChI is InChI=1S/C49H67ClF3N9O9/c1-48(41(65)40(64)39(45(67)71-48)61-42-34(49(51,52)53)21-56-46(50)62-42)24-70-23-28-16-27(17-28)15-25-3-7-29(8-4-25)31-11-14-35(60-44(66)30-9-5-26(20-54)6-10-30)43-55-22-37(59-43)33-13-12-32(57-47(68)69-2)19-36(33)58-38(63)18-31/h12-13,19,21-22,25-31,35,39-41,45,64-65,67H,3-11,14-18,20,23-24,54H2,1-2H3,(H,55,59)(H,57,68)(H,58,63)(H,60,66)(H,56,61,62)/t25?,26-,27?,28?,29?,30-,31?,35-,39+,40+,41+,45-,48+/m0/s1. The number of nitrogens with one attached hydrogen (secondary N) is 5. The fraction of sp³-hybridized carbons (Fsp3) is 0.673. The third-order valence-electron chi connectivity index (χ3n) is 15.8. The van der Waals surface area contributed by atoms with Crippen LogP contribution in [0.25, 0.3) is 11.3 Å². The normalized spacial score (nSPS) is 32.5. The highest BCUT2D eigenvalue weighted by Gasteiger charge is 2.52. The number of alkyl halides is 3. The van der Waals surface area contributed by atoms with Crippen LogP contribution in [0.4, 0.5) is 35.2 Å². The van der Waals surface area contributed by atoms with Gasteiger partial charge in [-0.25, -0.2) is 19.7 Å². The first-order valence-electron chi connectivity index (χ1n) is 24.9. The zero-order chi connectivity index (χ0) is 50.6. The van der Waals surface area contributed by atoms with E-state index in [1.54, 1.807) is 24.4 Å². The van der Waals surface area contributed by atoms with Crippen LogP contribution in [0.15, 0.2) is 30.6 Å². The molecule has 3 saturated carbocycles. The highest BCUT2D eigenvalue weighted by molar-refractivity contribution is 6.28. The van der Waals surface area contributed by atoms with Crippen molar-refractivity contribution in [1.82, 2.24) is 25.3 Å². The fourth-order valence-corrected chi connectivity index (χ4v) is 11.7. The first kappa shape index (κ1) is 52.7. The first-order valence-corrected chi connectivity index (χ1v) is 25.3. The second kappa shape index (κ2) is 22.6. The number of halogens is 4. The maximum atomic E-state index is 14.0. The molecule has 3 aromatic rings. The van der Waals surface area contributed by atoms with Crippen molar-refractivity contribution in [2.24, 2.45) is 47.2 Å². The summed E-state index contributed by atoms with van der Waals surface area (Å²) in [6, 6.07) is 3.25. The number of imidazole rings is 1. The van der Waals surface area contributed by atoms with Crippen LogP contribution in [0.1, 0.15) is 114 Å². The largest absolute Gasteiger partial charge is 0.453 e. The summed E-state index contributed by atoms with van der Waals surface area (Å²) in [7, 11) is 1.28. The van der Waals surface area contributed by atoms with Crippen molar-refractivity contribution in [3.63, 3.8) is 0 Å². The number of nitrogens with zero attached hydrogens (tertiary/aromatic N) is 3. The monoisotopic (exact) mass is 1020 g/mol. The van der Waals surface area contributed by atoms with Crippen molar-refractivity contribution in [2.45, 2.75) is 139 Å². The summed E-state index contributed by atoms with van der Waals surface area (Å²) in [4.78, 5) is 55.1. The summed E-state index contributed by atoms with van der Waals surface area (Å²) in [5.74, 6) is 1.77. The Morgan fingerprint density at radius 3 is 2.39 bits per heavy atom. The topological polar surface area (TPSA) is 268 Å². The van der Waals surface area contributed by atoms with E-state index in [-0.39, 0.29) is 42.2 Å². The third-order valence-corrected chi connectivity index (χ3v) is 15.9. The summed E-state index contributed by atoms with van der Waals surface area (Å²) in [5.41, 5.74) is 5.31. The minimum Gasteiger partial charge on any atom is -0.453 e. The molecule has 0 radical (unpaired) electrons. The molecule has 1 saturated heterocycles. The quantitative estimate of drug-likeness (QED) is 0.0787. The Hall–Kier alpha value is -4.64. The zero-order valence-electron chi connectivity index (χ0n) is 40.1. The predicted molar refractivity (Wildman–Crippen MR) is 255 cm³/mol. The predicted octanol–water partition coefficient (Wildman–Crippen LogP) is 6.93. The van der Waals surface area contributed by atoms with Crippen molar-refractivity contribution in [1.29, 1.82) is 0 Å². The van der Waals surface area contributed by atoms with E-state index in [0.29, 0.717) is 90.7 Å². The molecule has 4 fully saturated rings. The number of fused-ring (bicyclic) bond motifs is 4. The summed E-state index contributed by atoms with van der Waals surface area (Å²) >= 11 is 5.73. The van der Waals surface area contributed by atoms with Gasteiger partial charge in [-0.3, -0.25) is 14.9 Å². The Morgan fingerprint density at radius 2 is 1.69 bits per heavy atom. The van der Waals surface area contributed by atoms with Crippen LogP contribution in [0.5, 0.6) is 0 Å². The number of ether oxygens (including phenoxy) is 3. The molecule has 2 aliphatic heterocycles. The van der Waals surface area contributed by atoms with E-state index in [4.69, 9.17) is 36.5 Å². The average Bonchev–Trinajstić information content (AvgIpc) is 3.82. The van der Waals surface area contributed by atoms with Crippen LogP contribution < -0.4 is 27.0 Å². The van der Waals surface area contributed by atoms with Crippen LogP contribution in [0, 0.1) is 41.4 Å². The molecular formula is C49H67ClF3N9O9. The molecule has 71 heavy (non-hydrogen) atoms. The van der Waals surface area contributed by atoms with Gasteiger partial charge in [0, 0.05) is 42.6 Å². The number of rotatable bonds is 13. The molecule has 3 aliphatic carbocycles. The van der Waals surface area contributed by atoms with Gasteiger partial charge in [-0.05, 0) is 149 Å². The third kappa shape index (κ3) is 12.8. The molecule has 3 amide bonds. The number of amides is 3. The van der Waals surface area contributed by atoms with Gasteiger partial charge in [0.25, 0.3) is 0 Å². The van der Waals surface area contributed by atoms with Crippen LogP contribution >= 0.6 is 11.6 Å². The second-order valence-electron chi connectivity index (χ2n) is 20.7. The number of aliphatic hydroxyl groups excluding tert-OH is 3. The average molecular weight is 1020 g/mol. The molecule has 8 rings (SSSR count). The Kier molecular flexibility index (Phi) is 16.8. The summed E-state index contributed by atoms with van der Waals surface area (Å²) < 4.78 is 57.3. The molecule has 390 valence electrons. The molecular weight excluding hydrogens is 951 g/mol. The van der Waals surface area contributed by atoms with E-state index in [9.17, 15) is 42.9 Å². The highest BCUT2D eigenvalue weighted by Crippen LogP contribution is 2.46. The number of aromatic amines is 1. The van der Waals surface area contributed by atoms with E-state index in [0.717, 1.165) is 70.6 Å². The van der Waals surface area contributed by atoms with Gasteiger partial charge in [-0.1, -0.05) is 12.8 Å². The number of aromatic nitrogens is 4. The smallest absolute Gasteiger partial charge is 0.421 e. The molecule has 1 unspecified atom stereocenters. The van der Waals surface area contributed by atoms with Crippen LogP contribution in [-0.2, 0) is 30.0 Å². The lowest BCUT2D eigenvalue weighted by atomic mass is 9.66. The molecule has 2 aromatic heterocycles. The summed E-state index contributed by atoms with van der Waals surface area (Å²) in [6.07, 6.45) is 3.61. The highest BCUT2D eigenvalue weighted by atomic mass is 35.5. The molecule has 7 atom stereocenters. The van der Waals surface area contributed by atoms with Gasteiger partial charge >= 0.3 is 12.3 Å². The van der Waals surface area contributed by atoms with Crippen LogP contribution in [0.3, 0.4) is 0 Å². The van der Waals surface area contributed by atoms with E-state index >= 15 is 0 Å². The number of carbonyl (C=O) groups excluding carboxylic acids is 3. The Morgan fingerprint density at radius 1 is 0.972 bits per heavy atom. The minimum atomic E-state index is -4.87. The lowest BCUT2D eigenvalue weighted by molar-refractivity contribution is -0.292. The van der Waals surface area contributed by atoms with Gasteiger partial charge in [-0.15, -0.1) is 0 Å². The lowest BCUT2D eigenvalue weighted by Gasteiger charge is -2.47. The van der Waals surface area contributed by atoms with Crippen LogP contribution in [0.2, 0.25) is 5.28 Å². The molecule has 22 heteroatoms. The summed E-state index contributed by atoms with van der Waals surface area (Å²) in [6.45, 7) is 2.27. The molecule has 2 bridgehead atoms. The number of methoxy groups -OCH3 is 1. The van der Waals surface area contributed by atoms with Gasteiger partial charge in [0.1, 0.15) is 41.1 Å². The van der Waals surface area contributed by atoms with Gasteiger partial charge in [-0.2, -0.15) is 13.2 Å². The second-order valence-corrected chi connectivity index (χ2v) is 21.1. The van der Waals surface area contributed by atoms with Crippen molar-refractivity contribution < 1.29 is 57.1 Å². The molecule has 5 aliphatic rings. The Bertz CT molecular complexity index is 2330. The number of carbonyl (C=O) groups is 3. The van der Waals surface area contributed by atoms with Gasteiger partial charge in [0.05, 0.1) is 31.1 Å². The summed E-state index contributed by atoms with van der Waals surface area (Å²) in [5, 5.41) is 43.8. The minimum absolute atomic E-state index is 0.0184. The van der Waals surface area contributed by atoms with Gasteiger partial charge < -0.3 is 56.2 Å². The fourth-order valence-electron chi connectivity index (χ4n) is 11.6. The number of hydrogen-bond donors (Lipinski definition) is 9. The number of benzene rings is 1. The molecule has 10 N–H and O–H groups in total. The molecule has 1 aromatic carbocycles. The number of anilines is 3. The van der Waals surface area contributed by atoms with E-state index < -0.39 is 59.1 Å². The SMILES string of the molecule is COC(=O)Nc1ccc2c(c1)NC(=O)CC(C1CCC(CC3CC(COC[C@@]4(C)O[C@H](O)[C@H](Nc5nc(Cl)ncc5C(F)(F)F)[C@@H](O)[C@H]4O)C3)CC1)CC[C@H](NC(=O)[C@H]1CC[C@H](CN)CC1)c1nc-2c[nH]1. The van der Waals surface area contributed by atoms with E-state index in [1.807, 2.05) is 0 Å². The number of H-pyrrole nitrogens is 1. The molecule has 0 spiro atoms. The Balaban J connectivity index is 0.839. The van der Waals surface area contributed by atoms with Crippen molar-refractivity contribution in [2.75, 3.05) is 42.8 Å². The number of hydrogen-bond acceptors (Lipinski definition) is 14. The van der Waals surface area contributed by atoms with Gasteiger partial charge in [0.15, 0.2) is 6.29 Å². The lowest BCUT2D eigenvalue weighted by Crippen LogP contribution is -2.66. The number of aliphatic hydroxyl groups is 3. The number of nitrogens with two attached hydrogens (primary N) is 1.